The number of ether oxygens (including phenoxy) is 1. The summed E-state index contributed by atoms with van der Waals surface area (Å²) in [6.07, 6.45) is 5.76. The highest BCUT2D eigenvalue weighted by molar-refractivity contribution is 5.74. The highest BCUT2D eigenvalue weighted by atomic mass is 16.5. The summed E-state index contributed by atoms with van der Waals surface area (Å²) >= 11 is 0. The highest BCUT2D eigenvalue weighted by Crippen LogP contribution is 2.31. The number of nitrogens with zero attached hydrogens (tertiary/aromatic N) is 4. The van der Waals surface area contributed by atoms with Gasteiger partial charge in [-0.05, 0) is 50.6 Å². The lowest BCUT2D eigenvalue weighted by atomic mass is 10.1. The van der Waals surface area contributed by atoms with E-state index in [0.717, 1.165) is 28.1 Å². The maximum absolute atomic E-state index is 9.08. The van der Waals surface area contributed by atoms with Gasteiger partial charge in [-0.25, -0.2) is 0 Å². The minimum absolute atomic E-state index is 0.174. The third kappa shape index (κ3) is 4.53. The smallest absolute Gasteiger partial charge is 0.234 e. The van der Waals surface area contributed by atoms with Crippen LogP contribution in [0.5, 0.6) is 5.75 Å². The van der Waals surface area contributed by atoms with Crippen molar-refractivity contribution in [3.8, 4) is 23.2 Å². The summed E-state index contributed by atoms with van der Waals surface area (Å²) in [6.45, 7) is 13.5. The van der Waals surface area contributed by atoms with Crippen LogP contribution in [-0.4, -0.2) is 21.9 Å². The molecule has 0 aliphatic carbocycles. The van der Waals surface area contributed by atoms with Crippen LogP contribution in [0.15, 0.2) is 60.9 Å². The number of anilines is 1. The minimum Gasteiger partial charge on any atom is -0.497 e. The van der Waals surface area contributed by atoms with Gasteiger partial charge in [-0.2, -0.15) is 5.26 Å². The second-order valence-electron chi connectivity index (χ2n) is 5.99. The quantitative estimate of drug-likeness (QED) is 0.571. The molecule has 27 heavy (non-hydrogen) atoms. The third-order valence-corrected chi connectivity index (χ3v) is 3.74. The van der Waals surface area contributed by atoms with Gasteiger partial charge in [-0.3, -0.25) is 4.57 Å². The Morgan fingerprint density at radius 2 is 2.07 bits per heavy atom. The molecule has 1 heterocycles. The molecular formula is C21H23N5O. The predicted molar refractivity (Wildman–Crippen MR) is 109 cm³/mol. The van der Waals surface area contributed by atoms with Crippen molar-refractivity contribution in [1.29, 1.82) is 5.26 Å². The summed E-state index contributed by atoms with van der Waals surface area (Å²) in [5.41, 5.74) is 3.74. The average molecular weight is 361 g/mol. The second-order valence-corrected chi connectivity index (χ2v) is 5.99. The molecule has 1 aromatic carbocycles. The Morgan fingerprint density at radius 3 is 2.67 bits per heavy atom. The first-order valence-corrected chi connectivity index (χ1v) is 8.38. The summed E-state index contributed by atoms with van der Waals surface area (Å²) in [5, 5.41) is 20.6. The molecule has 0 radical (unpaired) electrons. The van der Waals surface area contributed by atoms with Crippen molar-refractivity contribution < 1.29 is 4.74 Å². The summed E-state index contributed by atoms with van der Waals surface area (Å²) in [6, 6.07) is 7.74. The number of aryl methyl sites for hydroxylation is 1. The molecule has 0 saturated carbocycles. The summed E-state index contributed by atoms with van der Waals surface area (Å²) in [5.74, 6) is 1.73. The van der Waals surface area contributed by atoms with E-state index in [-0.39, 0.29) is 5.70 Å². The minimum atomic E-state index is 0.174. The monoisotopic (exact) mass is 361 g/mol. The van der Waals surface area contributed by atoms with Crippen molar-refractivity contribution in [2.24, 2.45) is 0 Å². The van der Waals surface area contributed by atoms with Gasteiger partial charge in [0.05, 0.1) is 12.8 Å². The molecule has 6 heteroatoms. The number of hydrogen-bond donors (Lipinski definition) is 1. The Morgan fingerprint density at radius 1 is 1.33 bits per heavy atom. The van der Waals surface area contributed by atoms with Crippen molar-refractivity contribution in [2.75, 3.05) is 12.4 Å². The molecule has 2 rings (SSSR count). The first-order chi connectivity index (χ1) is 12.9. The van der Waals surface area contributed by atoms with E-state index in [0.29, 0.717) is 11.8 Å². The molecule has 0 unspecified atom stereocenters. The van der Waals surface area contributed by atoms with Crippen LogP contribution in [0.3, 0.4) is 0 Å². The van der Waals surface area contributed by atoms with Crippen LogP contribution in [0.2, 0.25) is 0 Å². The van der Waals surface area contributed by atoms with Crippen LogP contribution in [0.1, 0.15) is 19.4 Å². The third-order valence-electron chi connectivity index (χ3n) is 3.74. The van der Waals surface area contributed by atoms with Crippen LogP contribution < -0.4 is 10.1 Å². The SMILES string of the molecule is C=C(C)/C=C(\C=CC)n1c(NC(=C)C#N)nnc1-c1cc(OC)ccc1C. The van der Waals surface area contributed by atoms with E-state index in [1.165, 1.54) is 0 Å². The van der Waals surface area contributed by atoms with E-state index in [9.17, 15) is 0 Å². The van der Waals surface area contributed by atoms with Gasteiger partial charge in [0.1, 0.15) is 17.5 Å². The zero-order chi connectivity index (χ0) is 20.0. The number of nitrogens with one attached hydrogen (secondary N) is 1. The van der Waals surface area contributed by atoms with Gasteiger partial charge in [0.25, 0.3) is 0 Å². The highest BCUT2D eigenvalue weighted by Gasteiger charge is 2.19. The Balaban J connectivity index is 2.78. The van der Waals surface area contributed by atoms with E-state index in [1.807, 2.05) is 67.8 Å². The van der Waals surface area contributed by atoms with Crippen LogP contribution in [0.4, 0.5) is 5.95 Å². The van der Waals surface area contributed by atoms with Gasteiger partial charge >= 0.3 is 0 Å². The predicted octanol–water partition coefficient (Wildman–Crippen LogP) is 4.70. The van der Waals surface area contributed by atoms with Crippen LogP contribution in [0.25, 0.3) is 17.1 Å². The first kappa shape index (κ1) is 19.7. The lowest BCUT2D eigenvalue weighted by Gasteiger charge is -2.14. The fourth-order valence-corrected chi connectivity index (χ4v) is 2.53. The average Bonchev–Trinajstić information content (AvgIpc) is 3.04. The van der Waals surface area contributed by atoms with Gasteiger partial charge in [0.15, 0.2) is 5.82 Å². The zero-order valence-electron chi connectivity index (χ0n) is 16.1. The molecule has 0 saturated heterocycles. The molecule has 0 atom stereocenters. The number of benzene rings is 1. The van der Waals surface area contributed by atoms with Crippen molar-refractivity contribution in [3.63, 3.8) is 0 Å². The number of methoxy groups -OCH3 is 1. The van der Waals surface area contributed by atoms with E-state index < -0.39 is 0 Å². The Bertz CT molecular complexity index is 973. The van der Waals surface area contributed by atoms with Gasteiger partial charge in [-0.15, -0.1) is 10.2 Å². The number of hydrogen-bond acceptors (Lipinski definition) is 5. The number of rotatable bonds is 7. The Labute approximate surface area is 159 Å². The molecule has 0 spiro atoms. The normalized spacial score (nSPS) is 11.3. The van der Waals surface area contributed by atoms with Crippen LogP contribution in [-0.2, 0) is 0 Å². The molecule has 138 valence electrons. The van der Waals surface area contributed by atoms with E-state index in [1.54, 1.807) is 7.11 Å². The van der Waals surface area contributed by atoms with E-state index in [4.69, 9.17) is 10.00 Å². The van der Waals surface area contributed by atoms with Crippen molar-refractivity contribution >= 4 is 11.6 Å². The molecule has 0 fully saturated rings. The van der Waals surface area contributed by atoms with Gasteiger partial charge in [-0.1, -0.05) is 30.9 Å². The first-order valence-electron chi connectivity index (χ1n) is 8.38. The molecule has 6 nitrogen and oxygen atoms in total. The molecule has 0 bridgehead atoms. The summed E-state index contributed by atoms with van der Waals surface area (Å²) in [7, 11) is 1.62. The Hall–Kier alpha value is -3.59. The molecule has 0 aliphatic heterocycles. The molecule has 1 N–H and O–H groups in total. The zero-order valence-corrected chi connectivity index (χ0v) is 16.1. The van der Waals surface area contributed by atoms with Crippen LogP contribution >= 0.6 is 0 Å². The van der Waals surface area contributed by atoms with E-state index in [2.05, 4.69) is 28.7 Å². The fourth-order valence-electron chi connectivity index (χ4n) is 2.53. The van der Waals surface area contributed by atoms with Gasteiger partial charge in [0.2, 0.25) is 5.95 Å². The second kappa shape index (κ2) is 8.68. The lowest BCUT2D eigenvalue weighted by molar-refractivity contribution is 0.415. The van der Waals surface area contributed by atoms with Crippen molar-refractivity contribution in [3.05, 3.63) is 66.4 Å². The summed E-state index contributed by atoms with van der Waals surface area (Å²) in [4.78, 5) is 0. The number of allylic oxidation sites excluding steroid dienone is 6. The standard InChI is InChI=1S/C21H23N5O/c1-7-8-17(11-14(2)3)26-20(24-25-21(26)23-16(5)13-22)19-12-18(27-6)10-9-15(19)4/h7-12H,2,5H2,1,3-4,6H3,(H,23,25)/b8-7?,17-11+. The summed E-state index contributed by atoms with van der Waals surface area (Å²) < 4.78 is 7.19. The molecule has 2 aromatic rings. The molecule has 0 aliphatic rings. The van der Waals surface area contributed by atoms with E-state index >= 15 is 0 Å². The van der Waals surface area contributed by atoms with Crippen molar-refractivity contribution in [2.45, 2.75) is 20.8 Å². The fraction of sp³-hybridized carbons (Fsp3) is 0.190. The molecular weight excluding hydrogens is 338 g/mol. The number of nitriles is 1. The Kier molecular flexibility index (Phi) is 6.34. The maximum Gasteiger partial charge on any atom is 0.234 e. The lowest BCUT2D eigenvalue weighted by Crippen LogP contribution is -2.07. The number of aromatic nitrogens is 3. The van der Waals surface area contributed by atoms with Gasteiger partial charge < -0.3 is 10.1 Å². The maximum atomic E-state index is 9.08. The van der Waals surface area contributed by atoms with Crippen LogP contribution in [0, 0.1) is 18.3 Å². The van der Waals surface area contributed by atoms with Gasteiger partial charge in [0, 0.05) is 5.56 Å². The van der Waals surface area contributed by atoms with Crippen molar-refractivity contribution in [1.82, 2.24) is 14.8 Å². The molecule has 1 aromatic heterocycles. The largest absolute Gasteiger partial charge is 0.497 e. The molecule has 0 amide bonds. The topological polar surface area (TPSA) is 75.8 Å².